The molecule has 1 amide bonds. The lowest BCUT2D eigenvalue weighted by atomic mass is 10.2. The topological polar surface area (TPSA) is 42.2 Å². The fourth-order valence-electron chi connectivity index (χ4n) is 1.35. The fraction of sp³-hybridized carbons (Fsp3) is 0.444. The number of thioether (sulfide) groups is 1. The van der Waals surface area contributed by atoms with E-state index in [1.165, 1.54) is 0 Å². The van der Waals surface area contributed by atoms with Crippen LogP contribution in [0.5, 0.6) is 0 Å². The summed E-state index contributed by atoms with van der Waals surface area (Å²) in [6, 6.07) is 3.79. The average molecular weight is 197 g/mol. The molecule has 1 aromatic rings. The van der Waals surface area contributed by atoms with Crippen molar-refractivity contribution in [1.29, 1.82) is 0 Å². The summed E-state index contributed by atoms with van der Waals surface area (Å²) in [6.45, 7) is 0.765. The van der Waals surface area contributed by atoms with Gasteiger partial charge in [-0.25, -0.2) is 0 Å². The number of hydrogen-bond acceptors (Lipinski definition) is 3. The second kappa shape index (κ2) is 3.87. The van der Waals surface area contributed by atoms with Gasteiger partial charge in [0, 0.05) is 18.7 Å². The molecular weight excluding hydrogens is 186 g/mol. The number of carbonyl (C=O) groups excluding carboxylic acids is 1. The van der Waals surface area contributed by atoms with Crippen molar-refractivity contribution in [3.8, 4) is 0 Å². The van der Waals surface area contributed by atoms with Crippen LogP contribution in [0.25, 0.3) is 0 Å². The van der Waals surface area contributed by atoms with Crippen LogP contribution >= 0.6 is 11.8 Å². The average Bonchev–Trinajstić information content (AvgIpc) is 2.56. The summed E-state index contributed by atoms with van der Waals surface area (Å²) in [5.74, 6) is 1.98. The maximum absolute atomic E-state index is 11.2. The zero-order chi connectivity index (χ0) is 9.10. The molecule has 1 fully saturated rings. The monoisotopic (exact) mass is 197 g/mol. The normalized spacial score (nSPS) is 23.7. The van der Waals surface area contributed by atoms with Crippen LogP contribution in [0, 0.1) is 0 Å². The number of nitrogens with one attached hydrogen (secondary N) is 1. The van der Waals surface area contributed by atoms with Gasteiger partial charge in [-0.05, 0) is 12.1 Å². The van der Waals surface area contributed by atoms with Gasteiger partial charge in [-0.3, -0.25) is 4.79 Å². The van der Waals surface area contributed by atoms with Gasteiger partial charge < -0.3 is 9.73 Å². The van der Waals surface area contributed by atoms with Crippen molar-refractivity contribution >= 4 is 17.7 Å². The summed E-state index contributed by atoms with van der Waals surface area (Å²) in [5, 5.41) is 3.03. The lowest BCUT2D eigenvalue weighted by Gasteiger charge is -2.07. The Bertz CT molecular complexity index is 284. The second-order valence-corrected chi connectivity index (χ2v) is 4.24. The van der Waals surface area contributed by atoms with Gasteiger partial charge in [-0.2, -0.15) is 0 Å². The maximum Gasteiger partial charge on any atom is 0.221 e. The molecule has 1 saturated heterocycles. The minimum absolute atomic E-state index is 0.117. The summed E-state index contributed by atoms with van der Waals surface area (Å²) in [6.07, 6.45) is 2.18. The minimum Gasteiger partial charge on any atom is -0.468 e. The van der Waals surface area contributed by atoms with E-state index in [1.807, 2.05) is 12.1 Å². The van der Waals surface area contributed by atoms with Gasteiger partial charge in [0.25, 0.3) is 0 Å². The van der Waals surface area contributed by atoms with Crippen molar-refractivity contribution in [1.82, 2.24) is 5.32 Å². The van der Waals surface area contributed by atoms with Crippen LogP contribution in [-0.4, -0.2) is 18.2 Å². The van der Waals surface area contributed by atoms with Crippen molar-refractivity contribution < 1.29 is 9.21 Å². The van der Waals surface area contributed by atoms with Crippen molar-refractivity contribution in [2.24, 2.45) is 0 Å². The van der Waals surface area contributed by atoms with Gasteiger partial charge in [-0.1, -0.05) is 0 Å². The summed E-state index contributed by atoms with van der Waals surface area (Å²) < 4.78 is 5.28. The molecular formula is C9H11NO2S. The van der Waals surface area contributed by atoms with Gasteiger partial charge in [0.1, 0.15) is 5.76 Å². The minimum atomic E-state index is 0.117. The Labute approximate surface area is 80.9 Å². The Hall–Kier alpha value is -0.900. The molecule has 0 saturated carbocycles. The highest BCUT2D eigenvalue weighted by Crippen LogP contribution is 2.33. The van der Waals surface area contributed by atoms with Gasteiger partial charge in [-0.15, -0.1) is 11.8 Å². The van der Waals surface area contributed by atoms with Crippen LogP contribution < -0.4 is 5.32 Å². The Balaban J connectivity index is 2.09. The molecule has 0 unspecified atom stereocenters. The lowest BCUT2D eigenvalue weighted by molar-refractivity contribution is -0.120. The highest BCUT2D eigenvalue weighted by Gasteiger charge is 2.21. The molecule has 1 aliphatic rings. The number of furan rings is 1. The number of amides is 1. The van der Waals surface area contributed by atoms with E-state index >= 15 is 0 Å². The molecule has 4 heteroatoms. The first-order valence-corrected chi connectivity index (χ1v) is 5.33. The predicted molar refractivity (Wildman–Crippen MR) is 51.5 cm³/mol. The van der Waals surface area contributed by atoms with Crippen molar-refractivity contribution in [2.75, 3.05) is 12.3 Å². The molecule has 70 valence electrons. The zero-order valence-electron chi connectivity index (χ0n) is 7.16. The predicted octanol–water partition coefficient (Wildman–Crippen LogP) is 1.57. The molecule has 2 heterocycles. The van der Waals surface area contributed by atoms with Crippen molar-refractivity contribution in [3.05, 3.63) is 24.2 Å². The standard InChI is InChI=1S/C9H11NO2S/c11-9-6-8(13-5-3-10-9)7-2-1-4-12-7/h1-2,4,8H,3,5-6H2,(H,10,11)/t8-/m1/s1. The van der Waals surface area contributed by atoms with E-state index in [1.54, 1.807) is 18.0 Å². The molecule has 2 rings (SSSR count). The van der Waals surface area contributed by atoms with Crippen LogP contribution in [0.4, 0.5) is 0 Å². The molecule has 3 nitrogen and oxygen atoms in total. The molecule has 1 atom stereocenters. The SMILES string of the molecule is O=C1C[C@H](c2ccco2)SCCN1. The Morgan fingerprint density at radius 1 is 1.62 bits per heavy atom. The van der Waals surface area contributed by atoms with Gasteiger partial charge in [0.05, 0.1) is 11.5 Å². The first-order chi connectivity index (χ1) is 6.36. The van der Waals surface area contributed by atoms with Crippen molar-refractivity contribution in [3.63, 3.8) is 0 Å². The van der Waals surface area contributed by atoms with E-state index in [0.29, 0.717) is 6.42 Å². The second-order valence-electron chi connectivity index (χ2n) is 2.93. The van der Waals surface area contributed by atoms with E-state index in [2.05, 4.69) is 5.32 Å². The summed E-state index contributed by atoms with van der Waals surface area (Å²) in [4.78, 5) is 11.2. The largest absolute Gasteiger partial charge is 0.468 e. The molecule has 0 bridgehead atoms. The van der Waals surface area contributed by atoms with E-state index in [0.717, 1.165) is 18.1 Å². The third-order valence-corrected chi connectivity index (χ3v) is 3.22. The lowest BCUT2D eigenvalue weighted by Crippen LogP contribution is -2.23. The molecule has 1 N–H and O–H groups in total. The van der Waals surface area contributed by atoms with E-state index in [-0.39, 0.29) is 11.2 Å². The highest BCUT2D eigenvalue weighted by molar-refractivity contribution is 7.99. The molecule has 1 aromatic heterocycles. The maximum atomic E-state index is 11.2. The molecule has 0 aromatic carbocycles. The highest BCUT2D eigenvalue weighted by atomic mass is 32.2. The van der Waals surface area contributed by atoms with Crippen LogP contribution in [0.3, 0.4) is 0 Å². The summed E-state index contributed by atoms with van der Waals surface area (Å²) >= 11 is 1.77. The molecule has 0 aliphatic carbocycles. The van der Waals surface area contributed by atoms with Crippen molar-refractivity contribution in [2.45, 2.75) is 11.7 Å². The van der Waals surface area contributed by atoms with Crippen LogP contribution in [-0.2, 0) is 4.79 Å². The van der Waals surface area contributed by atoms with Crippen LogP contribution in [0.15, 0.2) is 22.8 Å². The number of hydrogen-bond donors (Lipinski definition) is 1. The Kier molecular flexibility index (Phi) is 2.59. The number of carbonyl (C=O) groups is 1. The van der Waals surface area contributed by atoms with Crippen LogP contribution in [0.2, 0.25) is 0 Å². The van der Waals surface area contributed by atoms with E-state index < -0.39 is 0 Å². The smallest absolute Gasteiger partial charge is 0.221 e. The fourth-order valence-corrected chi connectivity index (χ4v) is 2.42. The van der Waals surface area contributed by atoms with E-state index in [9.17, 15) is 4.79 Å². The van der Waals surface area contributed by atoms with Gasteiger partial charge >= 0.3 is 0 Å². The molecule has 0 spiro atoms. The third-order valence-electron chi connectivity index (χ3n) is 1.97. The first-order valence-electron chi connectivity index (χ1n) is 4.28. The molecule has 0 radical (unpaired) electrons. The number of rotatable bonds is 1. The summed E-state index contributed by atoms with van der Waals surface area (Å²) in [7, 11) is 0. The third kappa shape index (κ3) is 2.06. The van der Waals surface area contributed by atoms with Gasteiger partial charge in [0.2, 0.25) is 5.91 Å². The first kappa shape index (κ1) is 8.69. The zero-order valence-corrected chi connectivity index (χ0v) is 7.97. The quantitative estimate of drug-likeness (QED) is 0.743. The summed E-state index contributed by atoms with van der Waals surface area (Å²) in [5.41, 5.74) is 0. The Morgan fingerprint density at radius 2 is 2.54 bits per heavy atom. The molecule has 1 aliphatic heterocycles. The van der Waals surface area contributed by atoms with E-state index in [4.69, 9.17) is 4.42 Å². The molecule has 13 heavy (non-hydrogen) atoms. The van der Waals surface area contributed by atoms with Crippen LogP contribution in [0.1, 0.15) is 17.4 Å². The van der Waals surface area contributed by atoms with Gasteiger partial charge in [0.15, 0.2) is 0 Å². The Morgan fingerprint density at radius 3 is 3.31 bits per heavy atom.